The number of ketones is 1. The molecule has 0 saturated heterocycles. The van der Waals surface area contributed by atoms with E-state index in [0.717, 1.165) is 33.7 Å². The van der Waals surface area contributed by atoms with E-state index in [4.69, 9.17) is 0 Å². The molecule has 0 aromatic heterocycles. The Morgan fingerprint density at radius 2 is 0.826 bits per heavy atom. The molecule has 6 aromatic rings. The maximum Gasteiger partial charge on any atom is 0.336 e. The Morgan fingerprint density at radius 3 is 1.24 bits per heavy atom. The first-order valence-corrected chi connectivity index (χ1v) is 14.1. The third-order valence-electron chi connectivity index (χ3n) is 7.59. The highest BCUT2D eigenvalue weighted by molar-refractivity contribution is 6.18. The van der Waals surface area contributed by atoms with Gasteiger partial charge in [0.15, 0.2) is 5.78 Å². The van der Waals surface area contributed by atoms with Crippen LogP contribution < -0.4 is 10.6 Å². The minimum absolute atomic E-state index is 0.0802. The van der Waals surface area contributed by atoms with Gasteiger partial charge in [-0.3, -0.25) is 14.4 Å². The molecule has 4 N–H and O–H groups in total. The number of rotatable bonds is 8. The van der Waals surface area contributed by atoms with Crippen LogP contribution in [0.15, 0.2) is 121 Å². The Hall–Kier alpha value is -6.61. The van der Waals surface area contributed by atoms with Gasteiger partial charge in [-0.15, -0.1) is 0 Å². The third-order valence-corrected chi connectivity index (χ3v) is 7.59. The van der Waals surface area contributed by atoms with Crippen LogP contribution in [0, 0.1) is 0 Å². The fourth-order valence-corrected chi connectivity index (χ4v) is 5.34. The lowest BCUT2D eigenvalue weighted by Gasteiger charge is -2.13. The Balaban J connectivity index is 1.28. The predicted octanol–water partition coefficient (Wildman–Crippen LogP) is 7.13. The Labute approximate surface area is 261 Å². The molecule has 0 atom stereocenters. The number of hydrogen-bond donors (Lipinski definition) is 4. The van der Waals surface area contributed by atoms with Gasteiger partial charge < -0.3 is 20.8 Å². The number of carboxylic acid groups (broad SMARTS) is 2. The van der Waals surface area contributed by atoms with E-state index in [1.807, 2.05) is 60.7 Å². The molecule has 2 amide bonds. The molecule has 6 rings (SSSR count). The maximum absolute atomic E-state index is 13.4. The van der Waals surface area contributed by atoms with E-state index in [-0.39, 0.29) is 22.3 Å². The SMILES string of the molecule is O=C(c1ccc(C(=O)Nc2cccc3ccccc23)c(C(=O)O)c1)c1ccc(C(=O)Nc2cccc3ccccc23)c(C(=O)O)c1. The number of nitrogens with one attached hydrogen (secondary N) is 2. The summed E-state index contributed by atoms with van der Waals surface area (Å²) in [6.07, 6.45) is 0. The zero-order chi connectivity index (χ0) is 32.4. The van der Waals surface area contributed by atoms with Crippen LogP contribution in [0.3, 0.4) is 0 Å². The van der Waals surface area contributed by atoms with E-state index in [9.17, 15) is 34.2 Å². The van der Waals surface area contributed by atoms with E-state index >= 15 is 0 Å². The zero-order valence-corrected chi connectivity index (χ0v) is 24.0. The average molecular weight is 609 g/mol. The molecule has 9 heteroatoms. The quantitative estimate of drug-likeness (QED) is 0.134. The molecule has 0 aliphatic carbocycles. The number of carbonyl (C=O) groups excluding carboxylic acids is 3. The number of amides is 2. The highest BCUT2D eigenvalue weighted by atomic mass is 16.4. The first kappa shape index (κ1) is 29.5. The molecule has 9 nitrogen and oxygen atoms in total. The maximum atomic E-state index is 13.4. The summed E-state index contributed by atoms with van der Waals surface area (Å²) in [7, 11) is 0. The molecular formula is C37H24N2O7. The lowest BCUT2D eigenvalue weighted by atomic mass is 9.95. The van der Waals surface area contributed by atoms with Crippen molar-refractivity contribution in [1.82, 2.24) is 0 Å². The zero-order valence-electron chi connectivity index (χ0n) is 24.0. The molecule has 0 fully saturated rings. The fraction of sp³-hybridized carbons (Fsp3) is 0. The van der Waals surface area contributed by atoms with Gasteiger partial charge in [-0.1, -0.05) is 84.9 Å². The molecule has 0 unspecified atom stereocenters. The summed E-state index contributed by atoms with van der Waals surface area (Å²) in [5, 5.41) is 28.6. The van der Waals surface area contributed by atoms with Gasteiger partial charge in [0, 0.05) is 33.3 Å². The molecular weight excluding hydrogens is 584 g/mol. The van der Waals surface area contributed by atoms with Crippen LogP contribution in [0.25, 0.3) is 21.5 Å². The second-order valence-electron chi connectivity index (χ2n) is 10.4. The largest absolute Gasteiger partial charge is 0.478 e. The van der Waals surface area contributed by atoms with Crippen molar-refractivity contribution >= 4 is 62.5 Å². The smallest absolute Gasteiger partial charge is 0.336 e. The van der Waals surface area contributed by atoms with Crippen LogP contribution in [0.4, 0.5) is 11.4 Å². The van der Waals surface area contributed by atoms with Crippen LogP contribution in [-0.2, 0) is 0 Å². The lowest BCUT2D eigenvalue weighted by Crippen LogP contribution is -2.18. The van der Waals surface area contributed by atoms with Crippen molar-refractivity contribution in [3.8, 4) is 0 Å². The van der Waals surface area contributed by atoms with Crippen LogP contribution in [0.1, 0.15) is 57.4 Å². The Bertz CT molecular complexity index is 2070. The molecule has 0 aliphatic rings. The molecule has 0 heterocycles. The number of fused-ring (bicyclic) bond motifs is 2. The highest BCUT2D eigenvalue weighted by Gasteiger charge is 2.23. The minimum Gasteiger partial charge on any atom is -0.478 e. The van der Waals surface area contributed by atoms with Gasteiger partial charge in [0.2, 0.25) is 0 Å². The second-order valence-corrected chi connectivity index (χ2v) is 10.4. The van der Waals surface area contributed by atoms with E-state index in [1.165, 1.54) is 24.3 Å². The minimum atomic E-state index is -1.43. The molecule has 0 radical (unpaired) electrons. The van der Waals surface area contributed by atoms with Gasteiger partial charge in [0.25, 0.3) is 11.8 Å². The van der Waals surface area contributed by atoms with Crippen molar-refractivity contribution < 1.29 is 34.2 Å². The molecule has 0 saturated carbocycles. The van der Waals surface area contributed by atoms with Crippen molar-refractivity contribution in [3.05, 3.63) is 155 Å². The van der Waals surface area contributed by atoms with Crippen molar-refractivity contribution in [3.63, 3.8) is 0 Å². The first-order valence-electron chi connectivity index (χ1n) is 14.1. The summed E-state index contributed by atoms with van der Waals surface area (Å²) < 4.78 is 0. The first-order chi connectivity index (χ1) is 22.2. The molecule has 6 aromatic carbocycles. The lowest BCUT2D eigenvalue weighted by molar-refractivity contribution is 0.0683. The molecule has 0 bridgehead atoms. The second kappa shape index (κ2) is 12.2. The van der Waals surface area contributed by atoms with Gasteiger partial charge in [0.05, 0.1) is 22.3 Å². The van der Waals surface area contributed by atoms with Gasteiger partial charge in [-0.05, 0) is 47.2 Å². The number of carbonyl (C=O) groups is 5. The summed E-state index contributed by atoms with van der Waals surface area (Å²) >= 11 is 0. The fourth-order valence-electron chi connectivity index (χ4n) is 5.34. The molecule has 0 spiro atoms. The van der Waals surface area contributed by atoms with Crippen molar-refractivity contribution in [2.24, 2.45) is 0 Å². The third kappa shape index (κ3) is 5.68. The van der Waals surface area contributed by atoms with E-state index < -0.39 is 40.7 Å². The molecule has 224 valence electrons. The van der Waals surface area contributed by atoms with Crippen molar-refractivity contribution in [2.45, 2.75) is 0 Å². The van der Waals surface area contributed by atoms with E-state index in [0.29, 0.717) is 11.4 Å². The van der Waals surface area contributed by atoms with Gasteiger partial charge in [0.1, 0.15) is 0 Å². The number of carboxylic acids is 2. The highest BCUT2D eigenvalue weighted by Crippen LogP contribution is 2.27. The molecule has 46 heavy (non-hydrogen) atoms. The summed E-state index contributed by atoms with van der Waals surface area (Å²) in [5.74, 6) is -4.90. The summed E-state index contributed by atoms with van der Waals surface area (Å²) in [4.78, 5) is 64.2. The Kier molecular flexibility index (Phi) is 7.80. The van der Waals surface area contributed by atoms with E-state index in [1.54, 1.807) is 24.3 Å². The Morgan fingerprint density at radius 1 is 0.435 bits per heavy atom. The normalized spacial score (nSPS) is 10.8. The monoisotopic (exact) mass is 608 g/mol. The van der Waals surface area contributed by atoms with E-state index in [2.05, 4.69) is 10.6 Å². The number of aromatic carboxylic acids is 2. The summed E-state index contributed by atoms with van der Waals surface area (Å²) in [6, 6.07) is 32.7. The number of benzene rings is 6. The van der Waals surface area contributed by atoms with Gasteiger partial charge >= 0.3 is 11.9 Å². The van der Waals surface area contributed by atoms with Crippen LogP contribution in [-0.4, -0.2) is 39.7 Å². The number of hydrogen-bond acceptors (Lipinski definition) is 5. The van der Waals surface area contributed by atoms with Crippen molar-refractivity contribution in [2.75, 3.05) is 10.6 Å². The average Bonchev–Trinajstić information content (AvgIpc) is 3.07. The van der Waals surface area contributed by atoms with Crippen LogP contribution in [0.5, 0.6) is 0 Å². The topological polar surface area (TPSA) is 150 Å². The van der Waals surface area contributed by atoms with Gasteiger partial charge in [-0.2, -0.15) is 0 Å². The van der Waals surface area contributed by atoms with Crippen LogP contribution >= 0.6 is 0 Å². The number of anilines is 2. The standard InChI is InChI=1S/C37H24N2O7/c40-33(23-15-17-27(29(19-23)36(43)44)34(41)38-31-13-5-9-21-7-1-3-11-25(21)31)24-16-18-28(30(20-24)37(45)46)35(42)39-32-14-6-10-22-8-2-4-12-26(22)32/h1-20H,(H,38,41)(H,39,42)(H,43,44)(H,45,46). The summed E-state index contributed by atoms with van der Waals surface area (Å²) in [6.45, 7) is 0. The summed E-state index contributed by atoms with van der Waals surface area (Å²) in [5.41, 5.74) is -0.323. The van der Waals surface area contributed by atoms with Crippen LogP contribution in [0.2, 0.25) is 0 Å². The molecule has 0 aliphatic heterocycles. The van der Waals surface area contributed by atoms with Crippen molar-refractivity contribution in [1.29, 1.82) is 0 Å². The van der Waals surface area contributed by atoms with Gasteiger partial charge in [-0.25, -0.2) is 9.59 Å². The predicted molar refractivity (Wildman–Crippen MR) is 174 cm³/mol.